The topological polar surface area (TPSA) is 98.9 Å². The number of ketones is 1. The van der Waals surface area contributed by atoms with E-state index in [1.54, 1.807) is 36.4 Å². The second-order valence-corrected chi connectivity index (χ2v) is 6.89. The number of benzene rings is 3. The van der Waals surface area contributed by atoms with E-state index >= 15 is 0 Å². The molecule has 7 nitrogen and oxygen atoms in total. The van der Waals surface area contributed by atoms with Gasteiger partial charge in [0.15, 0.2) is 5.78 Å². The van der Waals surface area contributed by atoms with Crippen LogP contribution >= 0.6 is 11.6 Å². The average Bonchev–Trinajstić information content (AvgIpc) is 2.76. The maximum atomic E-state index is 12.3. The third-order valence-corrected chi connectivity index (χ3v) is 4.67. The summed E-state index contributed by atoms with van der Waals surface area (Å²) in [5.74, 6) is 0.652. The summed E-state index contributed by atoms with van der Waals surface area (Å²) >= 11 is 6.07. The summed E-state index contributed by atoms with van der Waals surface area (Å²) in [5, 5.41) is 20.5. The number of phenols is 1. The molecular formula is C23H18ClNO6. The second-order valence-electron chi connectivity index (χ2n) is 6.48. The Morgan fingerprint density at radius 2 is 1.90 bits per heavy atom. The van der Waals surface area contributed by atoms with Crippen LogP contribution in [-0.2, 0) is 6.61 Å². The number of hydrogen-bond acceptors (Lipinski definition) is 6. The Morgan fingerprint density at radius 3 is 2.58 bits per heavy atom. The minimum absolute atomic E-state index is 0.0213. The molecule has 8 heteroatoms. The van der Waals surface area contributed by atoms with Crippen molar-refractivity contribution in [1.82, 2.24) is 0 Å². The average molecular weight is 440 g/mol. The predicted octanol–water partition coefficient (Wildman–Crippen LogP) is 5.44. The molecule has 0 saturated heterocycles. The summed E-state index contributed by atoms with van der Waals surface area (Å²) in [4.78, 5) is 22.6. The number of rotatable bonds is 8. The number of nitro groups is 1. The number of halogens is 1. The normalized spacial score (nSPS) is 10.8. The second kappa shape index (κ2) is 9.77. The van der Waals surface area contributed by atoms with Gasteiger partial charge in [-0.25, -0.2) is 0 Å². The molecule has 0 aliphatic carbocycles. The van der Waals surface area contributed by atoms with Crippen LogP contribution in [0.25, 0.3) is 6.08 Å². The number of phenolic OH excluding ortho intramolecular Hbond substituents is 1. The summed E-state index contributed by atoms with van der Waals surface area (Å²) < 4.78 is 11.1. The van der Waals surface area contributed by atoms with Gasteiger partial charge in [0.05, 0.1) is 17.1 Å². The van der Waals surface area contributed by atoms with Gasteiger partial charge in [-0.2, -0.15) is 0 Å². The quantitative estimate of drug-likeness (QED) is 0.217. The summed E-state index contributed by atoms with van der Waals surface area (Å²) in [7, 11) is 1.53. The number of non-ortho nitro benzene ring substituents is 1. The minimum atomic E-state index is -0.535. The van der Waals surface area contributed by atoms with E-state index in [9.17, 15) is 20.0 Å². The lowest BCUT2D eigenvalue weighted by molar-refractivity contribution is -0.384. The highest BCUT2D eigenvalue weighted by atomic mass is 35.5. The first kappa shape index (κ1) is 21.9. The van der Waals surface area contributed by atoms with Crippen LogP contribution in [0.15, 0.2) is 66.7 Å². The Bertz CT molecular complexity index is 1160. The molecule has 3 aromatic rings. The Balaban J connectivity index is 1.76. The molecule has 0 bridgehead atoms. The lowest BCUT2D eigenvalue weighted by atomic mass is 10.1. The van der Waals surface area contributed by atoms with Crippen molar-refractivity contribution in [2.24, 2.45) is 0 Å². The van der Waals surface area contributed by atoms with Crippen molar-refractivity contribution in [1.29, 1.82) is 0 Å². The first-order valence-corrected chi connectivity index (χ1v) is 9.50. The van der Waals surface area contributed by atoms with E-state index in [2.05, 4.69) is 0 Å². The monoisotopic (exact) mass is 439 g/mol. The fraction of sp³-hybridized carbons (Fsp3) is 0.0870. The Morgan fingerprint density at radius 1 is 1.13 bits per heavy atom. The number of carbonyl (C=O) groups is 1. The maximum absolute atomic E-state index is 12.3. The molecule has 0 aliphatic rings. The van der Waals surface area contributed by atoms with Gasteiger partial charge in [0.25, 0.3) is 5.69 Å². The van der Waals surface area contributed by atoms with Crippen LogP contribution in [0.5, 0.6) is 17.2 Å². The largest absolute Gasteiger partial charge is 0.508 e. The Hall–Kier alpha value is -3.84. The first-order chi connectivity index (χ1) is 14.9. The molecule has 1 N–H and O–H groups in total. The highest BCUT2D eigenvalue weighted by Crippen LogP contribution is 2.30. The lowest BCUT2D eigenvalue weighted by Gasteiger charge is -2.12. The van der Waals surface area contributed by atoms with Crippen molar-refractivity contribution in [3.05, 3.63) is 98.6 Å². The summed E-state index contributed by atoms with van der Waals surface area (Å²) in [5.41, 5.74) is 1.69. The fourth-order valence-electron chi connectivity index (χ4n) is 2.82. The third kappa shape index (κ3) is 5.61. The minimum Gasteiger partial charge on any atom is -0.508 e. The number of allylic oxidation sites excluding steroid dienone is 1. The molecule has 0 spiro atoms. The number of nitro benzene ring substituents is 1. The van der Waals surface area contributed by atoms with Gasteiger partial charge in [0.2, 0.25) is 0 Å². The fourth-order valence-corrected chi connectivity index (χ4v) is 3.05. The van der Waals surface area contributed by atoms with Crippen molar-refractivity contribution in [2.45, 2.75) is 6.61 Å². The van der Waals surface area contributed by atoms with Crippen LogP contribution in [0.4, 0.5) is 5.69 Å². The van der Waals surface area contributed by atoms with E-state index in [0.717, 1.165) is 5.56 Å². The van der Waals surface area contributed by atoms with E-state index < -0.39 is 4.92 Å². The van der Waals surface area contributed by atoms with Crippen molar-refractivity contribution in [3.63, 3.8) is 0 Å². The molecule has 31 heavy (non-hydrogen) atoms. The zero-order valence-corrected chi connectivity index (χ0v) is 17.2. The van der Waals surface area contributed by atoms with Gasteiger partial charge in [-0.15, -0.1) is 0 Å². The molecule has 3 aromatic carbocycles. The van der Waals surface area contributed by atoms with Crippen LogP contribution in [0, 0.1) is 10.1 Å². The van der Waals surface area contributed by atoms with Gasteiger partial charge < -0.3 is 14.6 Å². The van der Waals surface area contributed by atoms with Gasteiger partial charge in [-0.1, -0.05) is 35.9 Å². The van der Waals surface area contributed by atoms with E-state index in [0.29, 0.717) is 22.6 Å². The molecule has 0 unspecified atom stereocenters. The van der Waals surface area contributed by atoms with E-state index in [1.807, 2.05) is 0 Å². The van der Waals surface area contributed by atoms with Crippen LogP contribution in [-0.4, -0.2) is 22.9 Å². The smallest absolute Gasteiger partial charge is 0.271 e. The number of carbonyl (C=O) groups excluding carboxylic acids is 1. The molecule has 0 heterocycles. The number of hydrogen-bond donors (Lipinski definition) is 1. The van der Waals surface area contributed by atoms with Crippen LogP contribution in [0.2, 0.25) is 5.02 Å². The molecule has 0 aromatic heterocycles. The molecule has 0 fully saturated rings. The molecule has 0 amide bonds. The van der Waals surface area contributed by atoms with E-state index in [-0.39, 0.29) is 28.8 Å². The van der Waals surface area contributed by atoms with Crippen LogP contribution in [0.3, 0.4) is 0 Å². The zero-order valence-electron chi connectivity index (χ0n) is 16.4. The van der Waals surface area contributed by atoms with Gasteiger partial charge in [-0.3, -0.25) is 14.9 Å². The molecule has 158 valence electrons. The standard InChI is InChI=1S/C23H18ClNO6/c1-30-22-9-6-15(5-8-21(27)16-3-2-4-19(26)12-16)11-17(22)14-31-23-10-7-18(25(28)29)13-20(23)24/h2-13,26H,14H2,1H3/b8-5+. The van der Waals surface area contributed by atoms with Crippen molar-refractivity contribution < 1.29 is 24.3 Å². The van der Waals surface area contributed by atoms with Crippen molar-refractivity contribution >= 4 is 29.1 Å². The molecule has 0 atom stereocenters. The van der Waals surface area contributed by atoms with Crippen LogP contribution < -0.4 is 9.47 Å². The van der Waals surface area contributed by atoms with E-state index in [4.69, 9.17) is 21.1 Å². The molecule has 0 radical (unpaired) electrons. The van der Waals surface area contributed by atoms with Crippen LogP contribution in [0.1, 0.15) is 21.5 Å². The number of methoxy groups -OCH3 is 1. The van der Waals surface area contributed by atoms with Crippen molar-refractivity contribution in [3.8, 4) is 17.2 Å². The first-order valence-electron chi connectivity index (χ1n) is 9.12. The third-order valence-electron chi connectivity index (χ3n) is 4.37. The number of nitrogens with zero attached hydrogens (tertiary/aromatic N) is 1. The summed E-state index contributed by atoms with van der Waals surface area (Å²) in [6.07, 6.45) is 3.06. The molecule has 3 rings (SSSR count). The molecule has 0 aliphatic heterocycles. The van der Waals surface area contributed by atoms with Gasteiger partial charge in [0, 0.05) is 23.3 Å². The highest BCUT2D eigenvalue weighted by molar-refractivity contribution is 6.32. The van der Waals surface area contributed by atoms with E-state index in [1.165, 1.54) is 43.5 Å². The zero-order chi connectivity index (χ0) is 22.4. The summed E-state index contributed by atoms with van der Waals surface area (Å²) in [6, 6.07) is 15.4. The van der Waals surface area contributed by atoms with Gasteiger partial charge in [0.1, 0.15) is 23.9 Å². The van der Waals surface area contributed by atoms with Gasteiger partial charge >= 0.3 is 0 Å². The Kier molecular flexibility index (Phi) is 6.89. The molecule has 0 saturated carbocycles. The van der Waals surface area contributed by atoms with Crippen molar-refractivity contribution in [2.75, 3.05) is 7.11 Å². The Labute approximate surface area is 183 Å². The SMILES string of the molecule is COc1ccc(/C=C/C(=O)c2cccc(O)c2)cc1COc1ccc([N+](=O)[O-])cc1Cl. The molecular weight excluding hydrogens is 422 g/mol. The number of ether oxygens (including phenoxy) is 2. The predicted molar refractivity (Wildman–Crippen MR) is 117 cm³/mol. The lowest BCUT2D eigenvalue weighted by Crippen LogP contribution is -2.00. The summed E-state index contributed by atoms with van der Waals surface area (Å²) in [6.45, 7) is 0.100. The number of aromatic hydroxyl groups is 1. The van der Waals surface area contributed by atoms with Gasteiger partial charge in [-0.05, 0) is 42.0 Å². The maximum Gasteiger partial charge on any atom is 0.271 e. The highest BCUT2D eigenvalue weighted by Gasteiger charge is 2.12.